The molecule has 0 aromatic rings. The summed E-state index contributed by atoms with van der Waals surface area (Å²) >= 11 is 0. The summed E-state index contributed by atoms with van der Waals surface area (Å²) in [5, 5.41) is 0. The Morgan fingerprint density at radius 2 is 1.31 bits per heavy atom. The molecule has 0 aliphatic rings. The summed E-state index contributed by atoms with van der Waals surface area (Å²) in [6.45, 7) is 13.4. The summed E-state index contributed by atoms with van der Waals surface area (Å²) in [4.78, 5) is 2.50. The van der Waals surface area contributed by atoms with Crippen LogP contribution in [0.4, 0.5) is 0 Å². The minimum Gasteiger partial charge on any atom is -0.424 e. The highest BCUT2D eigenvalue weighted by molar-refractivity contribution is 5.98. The van der Waals surface area contributed by atoms with Crippen LogP contribution in [0.15, 0.2) is 0 Å². The predicted molar refractivity (Wildman–Crippen MR) is 62.1 cm³/mol. The van der Waals surface area contributed by atoms with Crippen LogP contribution in [0.1, 0.15) is 41.5 Å². The molecule has 0 rings (SSSR count). The average Bonchev–Trinajstić information content (AvgIpc) is 2.01. The van der Waals surface area contributed by atoms with E-state index in [-0.39, 0.29) is 0 Å². The number of hydrogen-bond acceptors (Lipinski definition) is 2. The van der Waals surface area contributed by atoms with Crippen molar-refractivity contribution in [2.45, 2.75) is 65.8 Å². The first-order valence-corrected chi connectivity index (χ1v) is 6.03. The Bertz CT molecular complexity index is 131. The highest BCUT2D eigenvalue weighted by atomic mass is 28.2. The molecule has 0 radical (unpaired) electrons. The zero-order valence-corrected chi connectivity index (χ0v) is 12.2. The van der Waals surface area contributed by atoms with E-state index in [1.54, 1.807) is 0 Å². The molecule has 2 unspecified atom stereocenters. The Hall–Kier alpha value is 0.137. The summed E-state index contributed by atoms with van der Waals surface area (Å²) in [5.41, 5.74) is 0. The van der Waals surface area contributed by atoms with Crippen LogP contribution in [0.3, 0.4) is 0 Å². The largest absolute Gasteiger partial charge is 0.424 e. The lowest BCUT2D eigenvalue weighted by atomic mass is 10.1. The van der Waals surface area contributed by atoms with Crippen LogP contribution < -0.4 is 0 Å². The highest BCUT2D eigenvalue weighted by Gasteiger charge is 2.23. The summed E-state index contributed by atoms with van der Waals surface area (Å²) in [7, 11) is 0.832. The van der Waals surface area contributed by atoms with E-state index < -0.39 is 0 Å². The van der Waals surface area contributed by atoms with Crippen molar-refractivity contribution < 1.29 is 4.43 Å². The molecule has 13 heavy (non-hydrogen) atoms. The third-order valence-corrected chi connectivity index (χ3v) is 3.46. The van der Waals surface area contributed by atoms with Gasteiger partial charge in [-0.15, -0.1) is 0 Å². The number of hydrogen-bond donors (Lipinski definition) is 0. The molecule has 0 bridgehead atoms. The second-order valence-electron chi connectivity index (χ2n) is 4.32. The van der Waals surface area contributed by atoms with Crippen molar-refractivity contribution >= 4 is 10.5 Å². The van der Waals surface area contributed by atoms with Crippen molar-refractivity contribution in [1.82, 2.24) is 4.90 Å². The van der Waals surface area contributed by atoms with Gasteiger partial charge in [0, 0.05) is 18.1 Å². The number of nitrogens with zero attached hydrogens (tertiary/aromatic N) is 1. The van der Waals surface area contributed by atoms with Gasteiger partial charge in [0.05, 0.1) is 6.10 Å². The van der Waals surface area contributed by atoms with Crippen molar-refractivity contribution in [3.05, 3.63) is 0 Å². The monoisotopic (exact) mass is 203 g/mol. The van der Waals surface area contributed by atoms with E-state index in [2.05, 4.69) is 46.4 Å². The van der Waals surface area contributed by atoms with Gasteiger partial charge in [0.25, 0.3) is 0 Å². The van der Waals surface area contributed by atoms with Crippen LogP contribution in [0.2, 0.25) is 0 Å². The fourth-order valence-electron chi connectivity index (χ4n) is 1.98. The molecule has 0 aromatic heterocycles. The maximum Gasteiger partial charge on any atom is 0.146 e. The van der Waals surface area contributed by atoms with Crippen LogP contribution in [-0.2, 0) is 4.43 Å². The van der Waals surface area contributed by atoms with E-state index in [0.717, 1.165) is 10.5 Å². The van der Waals surface area contributed by atoms with E-state index in [0.29, 0.717) is 24.2 Å². The molecule has 0 amide bonds. The molecule has 0 N–H and O–H groups in total. The Kier molecular flexibility index (Phi) is 5.84. The molecule has 2 atom stereocenters. The molecule has 0 aliphatic carbocycles. The Labute approximate surface area is 86.2 Å². The van der Waals surface area contributed by atoms with Crippen molar-refractivity contribution in [2.75, 3.05) is 0 Å². The lowest BCUT2D eigenvalue weighted by molar-refractivity contribution is 0.0478. The van der Waals surface area contributed by atoms with Crippen molar-refractivity contribution in [3.8, 4) is 0 Å². The molecule has 0 heterocycles. The fourth-order valence-corrected chi connectivity index (χ4v) is 2.37. The van der Waals surface area contributed by atoms with Gasteiger partial charge in [-0.05, 0) is 41.5 Å². The van der Waals surface area contributed by atoms with E-state index in [4.69, 9.17) is 4.43 Å². The summed E-state index contributed by atoms with van der Waals surface area (Å²) in [6.07, 6.45) is 0.358. The second kappa shape index (κ2) is 5.78. The Morgan fingerprint density at radius 3 is 1.54 bits per heavy atom. The lowest BCUT2D eigenvalue weighted by Crippen LogP contribution is -2.48. The van der Waals surface area contributed by atoms with E-state index in [1.165, 1.54) is 0 Å². The topological polar surface area (TPSA) is 12.5 Å². The van der Waals surface area contributed by atoms with Gasteiger partial charge in [-0.2, -0.15) is 0 Å². The first-order chi connectivity index (χ1) is 5.91. The molecule has 80 valence electrons. The SMILES string of the molecule is CC(O[SiH3])C(C)N(C(C)C)C(C)C. The second-order valence-corrected chi connectivity index (χ2v) is 4.79. The van der Waals surface area contributed by atoms with Crippen LogP contribution in [0.5, 0.6) is 0 Å². The van der Waals surface area contributed by atoms with Crippen molar-refractivity contribution in [1.29, 1.82) is 0 Å². The van der Waals surface area contributed by atoms with Gasteiger partial charge in [-0.1, -0.05) is 0 Å². The van der Waals surface area contributed by atoms with Crippen molar-refractivity contribution in [2.24, 2.45) is 0 Å². The fraction of sp³-hybridized carbons (Fsp3) is 1.00. The zero-order valence-electron chi connectivity index (χ0n) is 10.2. The van der Waals surface area contributed by atoms with E-state index in [9.17, 15) is 0 Å². The molecule has 3 heteroatoms. The Morgan fingerprint density at radius 1 is 0.923 bits per heavy atom. The molecule has 0 aromatic carbocycles. The first kappa shape index (κ1) is 13.1. The molecular weight excluding hydrogens is 178 g/mol. The van der Waals surface area contributed by atoms with Crippen molar-refractivity contribution in [3.63, 3.8) is 0 Å². The summed E-state index contributed by atoms with van der Waals surface area (Å²) in [6, 6.07) is 1.70. The third-order valence-electron chi connectivity index (χ3n) is 2.71. The normalized spacial score (nSPS) is 17.3. The average molecular weight is 203 g/mol. The minimum absolute atomic E-state index is 0.358. The highest BCUT2D eigenvalue weighted by Crippen LogP contribution is 2.14. The molecule has 0 saturated carbocycles. The van der Waals surface area contributed by atoms with Gasteiger partial charge >= 0.3 is 0 Å². The summed E-state index contributed by atoms with van der Waals surface area (Å²) < 4.78 is 5.49. The van der Waals surface area contributed by atoms with Gasteiger partial charge in [-0.25, -0.2) is 0 Å². The van der Waals surface area contributed by atoms with Crippen LogP contribution in [0, 0.1) is 0 Å². The zero-order chi connectivity index (χ0) is 10.6. The van der Waals surface area contributed by atoms with Crippen LogP contribution >= 0.6 is 0 Å². The molecule has 0 saturated heterocycles. The molecule has 0 fully saturated rings. The van der Waals surface area contributed by atoms with Gasteiger partial charge in [0.1, 0.15) is 10.5 Å². The van der Waals surface area contributed by atoms with Gasteiger partial charge in [0.15, 0.2) is 0 Å². The molecule has 0 aliphatic heterocycles. The third kappa shape index (κ3) is 3.79. The molecule has 0 spiro atoms. The molecular formula is C10H25NOSi. The predicted octanol–water partition coefficient (Wildman–Crippen LogP) is 1.18. The van der Waals surface area contributed by atoms with Crippen LogP contribution in [-0.4, -0.2) is 39.6 Å². The van der Waals surface area contributed by atoms with Gasteiger partial charge in [0.2, 0.25) is 0 Å². The standard InChI is InChI=1S/C10H25NOSi/c1-7(2)11(8(3)4)9(5)10(6)12-13/h7-10H,1-6,13H3. The Balaban J connectivity index is 4.36. The maximum absolute atomic E-state index is 5.49. The first-order valence-electron chi connectivity index (χ1n) is 5.22. The van der Waals surface area contributed by atoms with Gasteiger partial charge < -0.3 is 4.43 Å². The summed E-state index contributed by atoms with van der Waals surface area (Å²) in [5.74, 6) is 0. The smallest absolute Gasteiger partial charge is 0.146 e. The van der Waals surface area contributed by atoms with E-state index >= 15 is 0 Å². The lowest BCUT2D eigenvalue weighted by Gasteiger charge is -2.39. The number of rotatable bonds is 5. The van der Waals surface area contributed by atoms with E-state index in [1.807, 2.05) is 0 Å². The van der Waals surface area contributed by atoms with Crippen LogP contribution in [0.25, 0.3) is 0 Å². The van der Waals surface area contributed by atoms with Gasteiger partial charge in [-0.3, -0.25) is 4.90 Å². The quantitative estimate of drug-likeness (QED) is 0.622. The minimum atomic E-state index is 0.358. The molecule has 2 nitrogen and oxygen atoms in total. The maximum atomic E-state index is 5.49.